The summed E-state index contributed by atoms with van der Waals surface area (Å²) in [5.74, 6) is 0. The number of nitrogens with one attached hydrogen (secondary N) is 1. The largest absolute Gasteiger partial charge is 0.401 e. The normalized spacial score (nSPS) is 11.4. The minimum absolute atomic E-state index is 0.250. The highest BCUT2D eigenvalue weighted by Crippen LogP contribution is 2.11. The predicted molar refractivity (Wildman–Crippen MR) is 25.0 cm³/mol. The first kappa shape index (κ1) is 8.42. The first-order valence-electron chi connectivity index (χ1n) is 2.27. The molecule has 0 heterocycles. The van der Waals surface area contributed by atoms with E-state index in [4.69, 9.17) is 0 Å². The van der Waals surface area contributed by atoms with Crippen molar-refractivity contribution in [3.8, 4) is 0 Å². The summed E-state index contributed by atoms with van der Waals surface area (Å²) >= 11 is 0. The number of alkyl halides is 3. The zero-order valence-electron chi connectivity index (χ0n) is 4.53. The first-order valence-corrected chi connectivity index (χ1v) is 2.27. The van der Waals surface area contributed by atoms with Crippen LogP contribution in [0.2, 0.25) is 0 Å². The lowest BCUT2D eigenvalue weighted by atomic mass is 10.6. The molecule has 0 aromatic rings. The second-order valence-corrected chi connectivity index (χ2v) is 1.41. The fraction of sp³-hybridized carbons (Fsp3) is 0.750. The van der Waals surface area contributed by atoms with Gasteiger partial charge in [-0.1, -0.05) is 0 Å². The van der Waals surface area contributed by atoms with Gasteiger partial charge >= 0.3 is 6.18 Å². The summed E-state index contributed by atoms with van der Waals surface area (Å²) in [5, 5.41) is 1.88. The summed E-state index contributed by atoms with van der Waals surface area (Å²) in [7, 11) is 0. The Labute approximate surface area is 50.0 Å². The van der Waals surface area contributed by atoms with Gasteiger partial charge in [0.1, 0.15) is 6.29 Å². The Bertz CT molecular complexity index is 90.3. The van der Waals surface area contributed by atoms with Gasteiger partial charge in [0, 0.05) is 0 Å². The Hall–Kier alpha value is -0.580. The topological polar surface area (TPSA) is 29.1 Å². The van der Waals surface area contributed by atoms with Crippen LogP contribution in [0.25, 0.3) is 0 Å². The van der Waals surface area contributed by atoms with E-state index in [0.717, 1.165) is 0 Å². The molecule has 9 heavy (non-hydrogen) atoms. The molecule has 5 heteroatoms. The van der Waals surface area contributed by atoms with Crippen molar-refractivity contribution in [2.24, 2.45) is 0 Å². The second kappa shape index (κ2) is 3.45. The lowest BCUT2D eigenvalue weighted by Crippen LogP contribution is -2.29. The third-order valence-electron chi connectivity index (χ3n) is 0.553. The Kier molecular flexibility index (Phi) is 3.22. The Morgan fingerprint density at radius 1 is 1.44 bits per heavy atom. The molecule has 0 aliphatic rings. The molecule has 0 spiro atoms. The first-order chi connectivity index (χ1) is 4.06. The molecule has 0 bridgehead atoms. The molecule has 0 radical (unpaired) electrons. The van der Waals surface area contributed by atoms with E-state index in [0.29, 0.717) is 6.29 Å². The van der Waals surface area contributed by atoms with Crippen molar-refractivity contribution in [1.29, 1.82) is 0 Å². The number of aldehydes is 1. The van der Waals surface area contributed by atoms with Gasteiger partial charge in [0.15, 0.2) is 0 Å². The highest BCUT2D eigenvalue weighted by Gasteiger charge is 2.25. The van der Waals surface area contributed by atoms with Crippen LogP contribution in [0.4, 0.5) is 13.2 Å². The van der Waals surface area contributed by atoms with Crippen molar-refractivity contribution in [3.63, 3.8) is 0 Å². The molecule has 0 atom stereocenters. The van der Waals surface area contributed by atoms with Crippen LogP contribution in [0, 0.1) is 0 Å². The van der Waals surface area contributed by atoms with E-state index in [9.17, 15) is 18.0 Å². The highest BCUT2D eigenvalue weighted by atomic mass is 19.4. The van der Waals surface area contributed by atoms with Crippen LogP contribution in [0.15, 0.2) is 0 Å². The summed E-state index contributed by atoms with van der Waals surface area (Å²) in [6.45, 7) is -1.36. The highest BCUT2D eigenvalue weighted by molar-refractivity contribution is 5.51. The van der Waals surface area contributed by atoms with E-state index in [1.54, 1.807) is 0 Å². The molecule has 0 fully saturated rings. The zero-order chi connectivity index (χ0) is 7.33. The molecule has 2 nitrogen and oxygen atoms in total. The van der Waals surface area contributed by atoms with E-state index in [1.807, 2.05) is 5.32 Å². The molecule has 0 rings (SSSR count). The third kappa shape index (κ3) is 7.42. The minimum atomic E-state index is -4.22. The average molecular weight is 141 g/mol. The maximum Gasteiger partial charge on any atom is 0.401 e. The summed E-state index contributed by atoms with van der Waals surface area (Å²) in [5.41, 5.74) is 0. The maximum absolute atomic E-state index is 11.2. The monoisotopic (exact) mass is 141 g/mol. The van der Waals surface area contributed by atoms with Crippen molar-refractivity contribution in [1.82, 2.24) is 5.32 Å². The van der Waals surface area contributed by atoms with Crippen molar-refractivity contribution in [2.75, 3.05) is 13.1 Å². The van der Waals surface area contributed by atoms with Crippen LogP contribution in [0.3, 0.4) is 0 Å². The Morgan fingerprint density at radius 3 is 2.33 bits per heavy atom. The minimum Gasteiger partial charge on any atom is -0.302 e. The summed E-state index contributed by atoms with van der Waals surface area (Å²) in [6.07, 6.45) is -3.84. The molecule has 0 aliphatic carbocycles. The van der Waals surface area contributed by atoms with Crippen molar-refractivity contribution < 1.29 is 18.0 Å². The van der Waals surface area contributed by atoms with E-state index in [2.05, 4.69) is 0 Å². The predicted octanol–water partition coefficient (Wildman–Crippen LogP) is 0.337. The van der Waals surface area contributed by atoms with E-state index < -0.39 is 12.7 Å². The van der Waals surface area contributed by atoms with Gasteiger partial charge in [-0.15, -0.1) is 0 Å². The smallest absolute Gasteiger partial charge is 0.302 e. The van der Waals surface area contributed by atoms with Crippen LogP contribution < -0.4 is 5.32 Å². The van der Waals surface area contributed by atoms with E-state index >= 15 is 0 Å². The Balaban J connectivity index is 3.17. The average Bonchev–Trinajstić information content (AvgIpc) is 1.63. The van der Waals surface area contributed by atoms with Gasteiger partial charge in [0.2, 0.25) is 0 Å². The molecule has 0 saturated heterocycles. The molecule has 54 valence electrons. The lowest BCUT2D eigenvalue weighted by molar-refractivity contribution is -0.125. The van der Waals surface area contributed by atoms with Gasteiger partial charge < -0.3 is 10.1 Å². The number of hydrogen-bond acceptors (Lipinski definition) is 2. The number of carbonyl (C=O) groups is 1. The fourth-order valence-electron chi connectivity index (χ4n) is 0.273. The molecule has 0 amide bonds. The van der Waals surface area contributed by atoms with Crippen molar-refractivity contribution in [2.45, 2.75) is 6.18 Å². The molecule has 0 aliphatic heterocycles. The standard InChI is InChI=1S/C4H6F3NO/c5-4(6,7)3-8-1-2-9/h2,8H,1,3H2. The van der Waals surface area contributed by atoms with Crippen molar-refractivity contribution >= 4 is 6.29 Å². The van der Waals surface area contributed by atoms with Gasteiger partial charge in [0.05, 0.1) is 13.1 Å². The lowest BCUT2D eigenvalue weighted by Gasteiger charge is -2.03. The van der Waals surface area contributed by atoms with Gasteiger partial charge in [-0.05, 0) is 0 Å². The van der Waals surface area contributed by atoms with Gasteiger partial charge in [0.25, 0.3) is 0 Å². The van der Waals surface area contributed by atoms with E-state index in [-0.39, 0.29) is 6.54 Å². The SMILES string of the molecule is O=CCNCC(F)(F)F. The number of hydrogen-bond donors (Lipinski definition) is 1. The number of rotatable bonds is 3. The molecule has 0 saturated carbocycles. The van der Waals surface area contributed by atoms with Crippen LogP contribution in [0.1, 0.15) is 0 Å². The van der Waals surface area contributed by atoms with Crippen LogP contribution in [-0.2, 0) is 4.79 Å². The third-order valence-corrected chi connectivity index (χ3v) is 0.553. The molecule has 0 aromatic heterocycles. The van der Waals surface area contributed by atoms with Crippen LogP contribution >= 0.6 is 0 Å². The van der Waals surface area contributed by atoms with Gasteiger partial charge in [-0.2, -0.15) is 13.2 Å². The van der Waals surface area contributed by atoms with Crippen LogP contribution in [-0.4, -0.2) is 25.6 Å². The summed E-state index contributed by atoms with van der Waals surface area (Å²) < 4.78 is 33.6. The van der Waals surface area contributed by atoms with Crippen molar-refractivity contribution in [3.05, 3.63) is 0 Å². The maximum atomic E-state index is 11.2. The summed E-state index contributed by atoms with van der Waals surface area (Å²) in [4.78, 5) is 9.46. The fourth-order valence-corrected chi connectivity index (χ4v) is 0.273. The Morgan fingerprint density at radius 2 is 2.00 bits per heavy atom. The summed E-state index contributed by atoms with van der Waals surface area (Å²) in [6, 6.07) is 0. The molecule has 0 aromatic carbocycles. The van der Waals surface area contributed by atoms with Gasteiger partial charge in [-0.25, -0.2) is 0 Å². The molecule has 1 N–H and O–H groups in total. The zero-order valence-corrected chi connectivity index (χ0v) is 4.53. The second-order valence-electron chi connectivity index (χ2n) is 1.41. The quantitative estimate of drug-likeness (QED) is 0.453. The van der Waals surface area contributed by atoms with E-state index in [1.165, 1.54) is 0 Å². The van der Waals surface area contributed by atoms with Gasteiger partial charge in [-0.3, -0.25) is 0 Å². The number of carbonyl (C=O) groups excluding carboxylic acids is 1. The molecule has 0 unspecified atom stereocenters. The molecular formula is C4H6F3NO. The van der Waals surface area contributed by atoms with Crippen LogP contribution in [0.5, 0.6) is 0 Å². The number of halogens is 3. The molecular weight excluding hydrogens is 135 g/mol.